The molecule has 2 heterocycles. The molecule has 0 unspecified atom stereocenters. The topological polar surface area (TPSA) is 72.5 Å². The molecule has 0 bridgehead atoms. The van der Waals surface area contributed by atoms with Crippen LogP contribution in [-0.2, 0) is 0 Å². The van der Waals surface area contributed by atoms with Gasteiger partial charge in [0.05, 0.1) is 11.9 Å². The Balaban J connectivity index is 1.43. The van der Waals surface area contributed by atoms with Gasteiger partial charge in [-0.2, -0.15) is 0 Å². The SMILES string of the molecule is Cc1ccc(Nc2ccc(NC(=O)c3ccc4c(c3)OCO4)nc2)cc1C. The lowest BCUT2D eigenvalue weighted by atomic mass is 10.1. The number of carbonyl (C=O) groups excluding carboxylic acids is 1. The Labute approximate surface area is 157 Å². The maximum absolute atomic E-state index is 12.4. The highest BCUT2D eigenvalue weighted by atomic mass is 16.7. The summed E-state index contributed by atoms with van der Waals surface area (Å²) in [5, 5.41) is 6.09. The van der Waals surface area contributed by atoms with Crippen molar-refractivity contribution in [1.29, 1.82) is 0 Å². The zero-order chi connectivity index (χ0) is 18.8. The molecule has 0 saturated carbocycles. The predicted octanol–water partition coefficient (Wildman–Crippen LogP) is 4.42. The van der Waals surface area contributed by atoms with Crippen molar-refractivity contribution >= 4 is 23.1 Å². The highest BCUT2D eigenvalue weighted by Crippen LogP contribution is 2.32. The summed E-state index contributed by atoms with van der Waals surface area (Å²) in [6, 6.07) is 14.9. The first-order chi connectivity index (χ1) is 13.1. The van der Waals surface area contributed by atoms with E-state index in [-0.39, 0.29) is 12.7 Å². The molecule has 2 N–H and O–H groups in total. The first-order valence-electron chi connectivity index (χ1n) is 8.60. The summed E-state index contributed by atoms with van der Waals surface area (Å²) in [6.45, 7) is 4.34. The van der Waals surface area contributed by atoms with Crippen LogP contribution in [-0.4, -0.2) is 17.7 Å². The van der Waals surface area contributed by atoms with Crippen molar-refractivity contribution in [1.82, 2.24) is 4.98 Å². The van der Waals surface area contributed by atoms with Crippen molar-refractivity contribution in [2.45, 2.75) is 13.8 Å². The van der Waals surface area contributed by atoms with Gasteiger partial charge in [-0.1, -0.05) is 6.07 Å². The van der Waals surface area contributed by atoms with Crippen molar-refractivity contribution in [3.8, 4) is 11.5 Å². The first-order valence-corrected chi connectivity index (χ1v) is 8.60. The number of ether oxygens (including phenoxy) is 2. The van der Waals surface area contributed by atoms with Crippen LogP contribution in [0.5, 0.6) is 11.5 Å². The summed E-state index contributed by atoms with van der Waals surface area (Å²) in [4.78, 5) is 16.7. The highest BCUT2D eigenvalue weighted by Gasteiger charge is 2.16. The number of anilines is 3. The number of benzene rings is 2. The quantitative estimate of drug-likeness (QED) is 0.719. The molecule has 6 nitrogen and oxygen atoms in total. The molecule has 1 aliphatic heterocycles. The van der Waals surface area contributed by atoms with E-state index in [4.69, 9.17) is 9.47 Å². The Bertz CT molecular complexity index is 1000. The number of hydrogen-bond acceptors (Lipinski definition) is 5. The van der Waals surface area contributed by atoms with E-state index in [2.05, 4.69) is 41.6 Å². The lowest BCUT2D eigenvalue weighted by molar-refractivity contribution is 0.102. The van der Waals surface area contributed by atoms with Gasteiger partial charge in [0.2, 0.25) is 6.79 Å². The summed E-state index contributed by atoms with van der Waals surface area (Å²) in [5.41, 5.74) is 4.80. The number of amides is 1. The molecule has 0 radical (unpaired) electrons. The van der Waals surface area contributed by atoms with E-state index in [1.54, 1.807) is 30.5 Å². The summed E-state index contributed by atoms with van der Waals surface area (Å²) < 4.78 is 10.6. The van der Waals surface area contributed by atoms with Crippen molar-refractivity contribution in [2.24, 2.45) is 0 Å². The summed E-state index contributed by atoms with van der Waals surface area (Å²) in [6.07, 6.45) is 1.68. The summed E-state index contributed by atoms with van der Waals surface area (Å²) in [7, 11) is 0. The number of hydrogen-bond donors (Lipinski definition) is 2. The smallest absolute Gasteiger partial charge is 0.256 e. The Morgan fingerprint density at radius 3 is 2.52 bits per heavy atom. The zero-order valence-corrected chi connectivity index (χ0v) is 15.1. The van der Waals surface area contributed by atoms with Gasteiger partial charge in [-0.25, -0.2) is 4.98 Å². The fraction of sp³-hybridized carbons (Fsp3) is 0.143. The minimum Gasteiger partial charge on any atom is -0.454 e. The van der Waals surface area contributed by atoms with Gasteiger partial charge in [0.1, 0.15) is 5.82 Å². The lowest BCUT2D eigenvalue weighted by Crippen LogP contribution is -2.12. The predicted molar refractivity (Wildman–Crippen MR) is 104 cm³/mol. The van der Waals surface area contributed by atoms with Crippen LogP contribution in [0.2, 0.25) is 0 Å². The van der Waals surface area contributed by atoms with Crippen molar-refractivity contribution in [3.63, 3.8) is 0 Å². The van der Waals surface area contributed by atoms with Crippen LogP contribution in [0.1, 0.15) is 21.5 Å². The molecular formula is C21H19N3O3. The average Bonchev–Trinajstić information content (AvgIpc) is 3.14. The zero-order valence-electron chi connectivity index (χ0n) is 15.1. The van der Waals surface area contributed by atoms with Crippen LogP contribution < -0.4 is 20.1 Å². The van der Waals surface area contributed by atoms with E-state index in [1.807, 2.05) is 12.1 Å². The van der Waals surface area contributed by atoms with Gasteiger partial charge in [-0.15, -0.1) is 0 Å². The Hall–Kier alpha value is -3.54. The van der Waals surface area contributed by atoms with E-state index in [0.717, 1.165) is 11.4 Å². The Morgan fingerprint density at radius 1 is 0.926 bits per heavy atom. The van der Waals surface area contributed by atoms with E-state index in [9.17, 15) is 4.79 Å². The maximum Gasteiger partial charge on any atom is 0.256 e. The van der Waals surface area contributed by atoms with Crippen LogP contribution in [0.15, 0.2) is 54.7 Å². The van der Waals surface area contributed by atoms with Gasteiger partial charge in [-0.3, -0.25) is 4.79 Å². The fourth-order valence-electron chi connectivity index (χ4n) is 2.75. The van der Waals surface area contributed by atoms with Crippen molar-refractivity contribution in [2.75, 3.05) is 17.4 Å². The van der Waals surface area contributed by atoms with Gasteiger partial charge < -0.3 is 20.1 Å². The van der Waals surface area contributed by atoms with E-state index < -0.39 is 0 Å². The third-order valence-corrected chi connectivity index (χ3v) is 4.44. The van der Waals surface area contributed by atoms with Crippen LogP contribution in [0, 0.1) is 13.8 Å². The number of nitrogens with zero attached hydrogens (tertiary/aromatic N) is 1. The standard InChI is InChI=1S/C21H19N3O3/c1-13-3-5-16(9-14(13)2)23-17-6-8-20(22-11-17)24-21(25)15-4-7-18-19(10-15)27-12-26-18/h3-11,23H,12H2,1-2H3,(H,22,24,25). The molecule has 136 valence electrons. The van der Waals surface area contributed by atoms with Crippen molar-refractivity contribution < 1.29 is 14.3 Å². The number of nitrogens with one attached hydrogen (secondary N) is 2. The van der Waals surface area contributed by atoms with E-state index in [1.165, 1.54) is 11.1 Å². The molecule has 0 aliphatic carbocycles. The molecule has 3 aromatic rings. The minimum atomic E-state index is -0.254. The number of carbonyl (C=O) groups is 1. The van der Waals surface area contributed by atoms with Crippen molar-refractivity contribution in [3.05, 3.63) is 71.4 Å². The van der Waals surface area contributed by atoms with Gasteiger partial charge in [0, 0.05) is 11.3 Å². The molecule has 0 atom stereocenters. The molecule has 4 rings (SSSR count). The Kier molecular flexibility index (Phi) is 4.38. The molecule has 0 fully saturated rings. The number of aromatic nitrogens is 1. The maximum atomic E-state index is 12.4. The first kappa shape index (κ1) is 16.9. The Morgan fingerprint density at radius 2 is 1.74 bits per heavy atom. The minimum absolute atomic E-state index is 0.178. The second-order valence-corrected chi connectivity index (χ2v) is 6.38. The van der Waals surface area contributed by atoms with Gasteiger partial charge in [0.25, 0.3) is 5.91 Å². The van der Waals surface area contributed by atoms with Crippen LogP contribution >= 0.6 is 0 Å². The average molecular weight is 361 g/mol. The van der Waals surface area contributed by atoms with E-state index >= 15 is 0 Å². The molecule has 2 aromatic carbocycles. The summed E-state index contributed by atoms with van der Waals surface area (Å²) in [5.74, 6) is 1.44. The molecule has 27 heavy (non-hydrogen) atoms. The van der Waals surface area contributed by atoms with Crippen LogP contribution in [0.25, 0.3) is 0 Å². The lowest BCUT2D eigenvalue weighted by Gasteiger charge is -2.10. The molecule has 1 amide bonds. The second-order valence-electron chi connectivity index (χ2n) is 6.38. The number of fused-ring (bicyclic) bond motifs is 1. The molecular weight excluding hydrogens is 342 g/mol. The molecule has 1 aliphatic rings. The third-order valence-electron chi connectivity index (χ3n) is 4.44. The fourth-order valence-corrected chi connectivity index (χ4v) is 2.75. The monoisotopic (exact) mass is 361 g/mol. The number of rotatable bonds is 4. The van der Waals surface area contributed by atoms with Crippen LogP contribution in [0.3, 0.4) is 0 Å². The van der Waals surface area contributed by atoms with Gasteiger partial charge in [0.15, 0.2) is 11.5 Å². The van der Waals surface area contributed by atoms with Gasteiger partial charge in [-0.05, 0) is 67.4 Å². The number of pyridine rings is 1. The number of aryl methyl sites for hydroxylation is 2. The molecule has 0 spiro atoms. The highest BCUT2D eigenvalue weighted by molar-refractivity contribution is 6.04. The van der Waals surface area contributed by atoms with Crippen LogP contribution in [0.4, 0.5) is 17.2 Å². The largest absolute Gasteiger partial charge is 0.454 e. The summed E-state index contributed by atoms with van der Waals surface area (Å²) >= 11 is 0. The third kappa shape index (κ3) is 3.69. The molecule has 6 heteroatoms. The second kappa shape index (κ2) is 6.99. The molecule has 1 aromatic heterocycles. The van der Waals surface area contributed by atoms with Gasteiger partial charge >= 0.3 is 0 Å². The molecule has 0 saturated heterocycles. The van der Waals surface area contributed by atoms with E-state index in [0.29, 0.717) is 22.9 Å². The normalized spacial score (nSPS) is 11.9.